The summed E-state index contributed by atoms with van der Waals surface area (Å²) in [7, 11) is 3.20. The van der Waals surface area contributed by atoms with Crippen LogP contribution in [0.15, 0.2) is 71.5 Å². The van der Waals surface area contributed by atoms with Gasteiger partial charge in [0.2, 0.25) is 0 Å². The zero-order valence-electron chi connectivity index (χ0n) is 17.8. The van der Waals surface area contributed by atoms with Gasteiger partial charge in [-0.15, -0.1) is 0 Å². The maximum absolute atomic E-state index is 13.7. The molecule has 0 radical (unpaired) electrons. The first-order valence-corrected chi connectivity index (χ1v) is 10.1. The number of fused-ring (bicyclic) bond motifs is 1. The van der Waals surface area contributed by atoms with Crippen molar-refractivity contribution in [3.8, 4) is 11.5 Å². The molecule has 0 spiro atoms. The summed E-state index contributed by atoms with van der Waals surface area (Å²) < 4.78 is 26.3. The van der Waals surface area contributed by atoms with Gasteiger partial charge in [0, 0.05) is 29.5 Å². The Labute approximate surface area is 180 Å². The highest BCUT2D eigenvalue weighted by Crippen LogP contribution is 2.34. The second kappa shape index (κ2) is 8.64. The summed E-state index contributed by atoms with van der Waals surface area (Å²) in [6.45, 7) is 2.35. The van der Waals surface area contributed by atoms with Gasteiger partial charge in [-0.3, -0.25) is 4.79 Å². The van der Waals surface area contributed by atoms with Crippen LogP contribution in [0.2, 0.25) is 0 Å². The Hall–Kier alpha value is -3.60. The minimum atomic E-state index is -0.297. The third kappa shape index (κ3) is 4.04. The molecule has 0 amide bonds. The van der Waals surface area contributed by atoms with Crippen LogP contribution < -0.4 is 15.0 Å². The standard InChI is InChI=1S/C26H24FNO3/c1-17-22(13-18-9-11-20(27)12-10-18)26(29)28(16-19-7-5-4-6-8-19)23-14-21(30-2)15-24(31-3)25(17)23/h4-12,14-15H,13,16H2,1-3H3. The van der Waals surface area contributed by atoms with E-state index in [4.69, 9.17) is 9.47 Å². The average molecular weight is 417 g/mol. The number of pyridine rings is 1. The first kappa shape index (κ1) is 20.7. The van der Waals surface area contributed by atoms with Crippen LogP contribution in [0.3, 0.4) is 0 Å². The van der Waals surface area contributed by atoms with Crippen molar-refractivity contribution in [1.29, 1.82) is 0 Å². The van der Waals surface area contributed by atoms with E-state index in [0.717, 1.165) is 27.6 Å². The molecule has 5 heteroatoms. The summed E-state index contributed by atoms with van der Waals surface area (Å²) in [5.41, 5.74) is 4.09. The molecule has 1 heterocycles. The van der Waals surface area contributed by atoms with Crippen molar-refractivity contribution >= 4 is 10.9 Å². The first-order valence-electron chi connectivity index (χ1n) is 10.1. The Morgan fingerprint density at radius 2 is 1.61 bits per heavy atom. The van der Waals surface area contributed by atoms with Crippen molar-refractivity contribution in [3.63, 3.8) is 0 Å². The van der Waals surface area contributed by atoms with Gasteiger partial charge in [0.15, 0.2) is 0 Å². The summed E-state index contributed by atoms with van der Waals surface area (Å²) in [5.74, 6) is 0.972. The molecule has 0 unspecified atom stereocenters. The maximum atomic E-state index is 13.7. The summed E-state index contributed by atoms with van der Waals surface area (Å²) in [6, 6.07) is 19.8. The zero-order valence-corrected chi connectivity index (χ0v) is 17.8. The van der Waals surface area contributed by atoms with Crippen molar-refractivity contribution in [1.82, 2.24) is 4.57 Å². The van der Waals surface area contributed by atoms with Crippen molar-refractivity contribution < 1.29 is 13.9 Å². The molecule has 0 bridgehead atoms. The van der Waals surface area contributed by atoms with E-state index in [2.05, 4.69) is 0 Å². The molecule has 1 aromatic heterocycles. The lowest BCUT2D eigenvalue weighted by Gasteiger charge is -2.19. The predicted octanol–water partition coefficient (Wildman–Crippen LogP) is 5.11. The van der Waals surface area contributed by atoms with Crippen LogP contribution in [0.1, 0.15) is 22.3 Å². The third-order valence-electron chi connectivity index (χ3n) is 5.61. The van der Waals surface area contributed by atoms with Gasteiger partial charge >= 0.3 is 0 Å². The lowest BCUT2D eigenvalue weighted by atomic mass is 9.97. The van der Waals surface area contributed by atoms with E-state index in [-0.39, 0.29) is 11.4 Å². The van der Waals surface area contributed by atoms with Crippen LogP contribution in [-0.2, 0) is 13.0 Å². The van der Waals surface area contributed by atoms with Crippen LogP contribution in [0.25, 0.3) is 10.9 Å². The van der Waals surface area contributed by atoms with Crippen molar-refractivity contribution in [3.05, 3.63) is 105 Å². The molecule has 3 aromatic carbocycles. The SMILES string of the molecule is COc1cc(OC)c2c(C)c(Cc3ccc(F)cc3)c(=O)n(Cc3ccccc3)c2c1. The molecule has 158 valence electrons. The number of ether oxygens (including phenoxy) is 2. The summed E-state index contributed by atoms with van der Waals surface area (Å²) in [6.07, 6.45) is 0.408. The second-order valence-corrected chi connectivity index (χ2v) is 7.51. The number of nitrogens with zero attached hydrogens (tertiary/aromatic N) is 1. The molecule has 4 nitrogen and oxygen atoms in total. The monoisotopic (exact) mass is 417 g/mol. The van der Waals surface area contributed by atoms with Gasteiger partial charge in [0.1, 0.15) is 17.3 Å². The average Bonchev–Trinajstić information content (AvgIpc) is 2.80. The van der Waals surface area contributed by atoms with Crippen molar-refractivity contribution in [2.24, 2.45) is 0 Å². The number of hydrogen-bond acceptors (Lipinski definition) is 3. The van der Waals surface area contributed by atoms with Gasteiger partial charge in [-0.05, 0) is 35.7 Å². The topological polar surface area (TPSA) is 40.5 Å². The van der Waals surface area contributed by atoms with E-state index in [0.29, 0.717) is 30.0 Å². The van der Waals surface area contributed by atoms with Crippen LogP contribution in [-0.4, -0.2) is 18.8 Å². The Morgan fingerprint density at radius 1 is 0.903 bits per heavy atom. The van der Waals surface area contributed by atoms with Crippen molar-refractivity contribution in [2.45, 2.75) is 19.9 Å². The van der Waals surface area contributed by atoms with Crippen LogP contribution >= 0.6 is 0 Å². The van der Waals surface area contributed by atoms with Crippen LogP contribution in [0, 0.1) is 12.7 Å². The van der Waals surface area contributed by atoms with Crippen LogP contribution in [0.5, 0.6) is 11.5 Å². The highest BCUT2D eigenvalue weighted by Gasteiger charge is 2.19. The summed E-state index contributed by atoms with van der Waals surface area (Å²) >= 11 is 0. The lowest BCUT2D eigenvalue weighted by Crippen LogP contribution is -2.26. The molecule has 0 N–H and O–H groups in total. The number of halogens is 1. The van der Waals surface area contributed by atoms with Gasteiger partial charge in [-0.1, -0.05) is 42.5 Å². The molecule has 4 rings (SSSR count). The molecular formula is C26H24FNO3. The Balaban J connectivity index is 1.99. The normalized spacial score (nSPS) is 11.0. The Bertz CT molecular complexity index is 1280. The molecule has 0 aliphatic rings. The zero-order chi connectivity index (χ0) is 22.0. The minimum absolute atomic E-state index is 0.0755. The number of aryl methyl sites for hydroxylation is 1. The number of methoxy groups -OCH3 is 2. The minimum Gasteiger partial charge on any atom is -0.497 e. The van der Waals surface area contributed by atoms with Gasteiger partial charge in [0.05, 0.1) is 26.3 Å². The molecule has 0 atom stereocenters. The highest BCUT2D eigenvalue weighted by molar-refractivity contribution is 5.91. The first-order chi connectivity index (χ1) is 15.0. The third-order valence-corrected chi connectivity index (χ3v) is 5.61. The van der Waals surface area contributed by atoms with E-state index in [1.165, 1.54) is 12.1 Å². The van der Waals surface area contributed by atoms with Gasteiger partial charge in [-0.2, -0.15) is 0 Å². The quantitative estimate of drug-likeness (QED) is 0.438. The number of rotatable bonds is 6. The van der Waals surface area contributed by atoms with E-state index >= 15 is 0 Å². The molecule has 0 saturated carbocycles. The molecule has 0 fully saturated rings. The highest BCUT2D eigenvalue weighted by atomic mass is 19.1. The molecule has 31 heavy (non-hydrogen) atoms. The lowest BCUT2D eigenvalue weighted by molar-refractivity contribution is 0.397. The number of aromatic nitrogens is 1. The fraction of sp³-hybridized carbons (Fsp3) is 0.192. The van der Waals surface area contributed by atoms with Crippen LogP contribution in [0.4, 0.5) is 4.39 Å². The van der Waals surface area contributed by atoms with Gasteiger partial charge in [0.25, 0.3) is 5.56 Å². The fourth-order valence-electron chi connectivity index (χ4n) is 3.97. The number of hydrogen-bond donors (Lipinski definition) is 0. The van der Waals surface area contributed by atoms with Gasteiger partial charge < -0.3 is 14.0 Å². The summed E-state index contributed by atoms with van der Waals surface area (Å²) in [5, 5.41) is 0.871. The van der Waals surface area contributed by atoms with Crippen molar-refractivity contribution in [2.75, 3.05) is 14.2 Å². The molecule has 0 saturated heterocycles. The van der Waals surface area contributed by atoms with E-state index in [1.807, 2.05) is 49.4 Å². The van der Waals surface area contributed by atoms with E-state index < -0.39 is 0 Å². The van der Waals surface area contributed by atoms with Gasteiger partial charge in [-0.25, -0.2) is 4.39 Å². The molecule has 0 aliphatic carbocycles. The van der Waals surface area contributed by atoms with E-state index in [1.54, 1.807) is 30.9 Å². The summed E-state index contributed by atoms with van der Waals surface area (Å²) in [4.78, 5) is 13.7. The van der Waals surface area contributed by atoms with E-state index in [9.17, 15) is 9.18 Å². The molecule has 4 aromatic rings. The smallest absolute Gasteiger partial charge is 0.255 e. The Kier molecular flexibility index (Phi) is 5.76. The Morgan fingerprint density at radius 3 is 2.26 bits per heavy atom. The largest absolute Gasteiger partial charge is 0.497 e. The fourth-order valence-corrected chi connectivity index (χ4v) is 3.97. The number of benzene rings is 3. The predicted molar refractivity (Wildman–Crippen MR) is 121 cm³/mol. The maximum Gasteiger partial charge on any atom is 0.255 e. The molecular weight excluding hydrogens is 393 g/mol. The second-order valence-electron chi connectivity index (χ2n) is 7.51. The molecule has 0 aliphatic heterocycles.